The molecule has 1 fully saturated rings. The van der Waals surface area contributed by atoms with E-state index >= 15 is 0 Å². The van der Waals surface area contributed by atoms with Gasteiger partial charge in [-0.1, -0.05) is 24.3 Å². The zero-order valence-electron chi connectivity index (χ0n) is 12.5. The van der Waals surface area contributed by atoms with Crippen molar-refractivity contribution < 1.29 is 9.59 Å². The van der Waals surface area contributed by atoms with Gasteiger partial charge in [0.15, 0.2) is 0 Å². The van der Waals surface area contributed by atoms with E-state index in [0.717, 1.165) is 37.2 Å². The van der Waals surface area contributed by atoms with E-state index < -0.39 is 11.6 Å². The summed E-state index contributed by atoms with van der Waals surface area (Å²) in [4.78, 5) is 28.4. The molecular weight excluding hydrogens is 264 g/mol. The predicted octanol–water partition coefficient (Wildman–Crippen LogP) is 1.82. The molecule has 1 aliphatic heterocycles. The lowest BCUT2D eigenvalue weighted by Crippen LogP contribution is -2.42. The first-order chi connectivity index (χ1) is 10.1. The molecule has 0 saturated carbocycles. The number of benzene rings is 1. The normalized spacial score (nSPS) is 20.2. The first-order valence-electron chi connectivity index (χ1n) is 7.39. The summed E-state index contributed by atoms with van der Waals surface area (Å²) in [7, 11) is 4.16. The van der Waals surface area contributed by atoms with Crippen molar-refractivity contribution in [3.8, 4) is 0 Å². The number of Topliss-reactive ketones (excluding diaryl/α,β-unsaturated/α-hetero) is 1. The summed E-state index contributed by atoms with van der Waals surface area (Å²) in [5.74, 6) is -0.811. The van der Waals surface area contributed by atoms with E-state index in [1.165, 1.54) is 6.08 Å². The maximum Gasteiger partial charge on any atom is 0.233 e. The number of nitrogens with zero attached hydrogens (tertiary/aromatic N) is 2. The quantitative estimate of drug-likeness (QED) is 0.777. The zero-order valence-corrected chi connectivity index (χ0v) is 12.5. The van der Waals surface area contributed by atoms with Crippen molar-refractivity contribution in [1.29, 1.82) is 0 Å². The highest BCUT2D eigenvalue weighted by Gasteiger charge is 2.30. The third kappa shape index (κ3) is 2.51. The number of likely N-dealkylation sites (tertiary alicyclic amines) is 1. The van der Waals surface area contributed by atoms with Gasteiger partial charge in [-0.05, 0) is 33.0 Å². The maximum atomic E-state index is 12.0. The highest BCUT2D eigenvalue weighted by Crippen LogP contribution is 2.30. The van der Waals surface area contributed by atoms with Crippen LogP contribution in [-0.4, -0.2) is 54.6 Å². The summed E-state index contributed by atoms with van der Waals surface area (Å²) in [5.41, 5.74) is 2.29. The number of hydrogen-bond donors (Lipinski definition) is 0. The summed E-state index contributed by atoms with van der Waals surface area (Å²) in [6, 6.07) is 7.81. The van der Waals surface area contributed by atoms with Gasteiger partial charge in [-0.25, -0.2) is 0 Å². The standard InChI is InChI=1S/C17H20N2O2/c1-18-9-7-12(8-10-18)19(2)15-11-16(20)17(21)14-6-4-3-5-13(14)15/h3-6,11-12H,7-10H2,1-2H3. The van der Waals surface area contributed by atoms with E-state index in [9.17, 15) is 9.59 Å². The van der Waals surface area contributed by atoms with Gasteiger partial charge in [-0.15, -0.1) is 0 Å². The van der Waals surface area contributed by atoms with Gasteiger partial charge in [0.05, 0.1) is 0 Å². The van der Waals surface area contributed by atoms with Crippen molar-refractivity contribution in [3.05, 3.63) is 41.5 Å². The Morgan fingerprint density at radius 1 is 1.10 bits per heavy atom. The Kier molecular flexibility index (Phi) is 3.64. The summed E-state index contributed by atoms with van der Waals surface area (Å²) in [6.45, 7) is 2.13. The second-order valence-corrected chi connectivity index (χ2v) is 5.91. The van der Waals surface area contributed by atoms with Crippen LogP contribution in [-0.2, 0) is 4.79 Å². The highest BCUT2D eigenvalue weighted by atomic mass is 16.2. The lowest BCUT2D eigenvalue weighted by molar-refractivity contribution is -0.111. The summed E-state index contributed by atoms with van der Waals surface area (Å²) in [6.07, 6.45) is 3.66. The molecule has 1 saturated heterocycles. The van der Waals surface area contributed by atoms with Gasteiger partial charge in [0.1, 0.15) is 0 Å². The number of hydrogen-bond acceptors (Lipinski definition) is 4. The van der Waals surface area contributed by atoms with E-state index in [1.807, 2.05) is 25.2 Å². The van der Waals surface area contributed by atoms with Crippen LogP contribution in [0.15, 0.2) is 30.3 Å². The predicted molar refractivity (Wildman–Crippen MR) is 82.0 cm³/mol. The van der Waals surface area contributed by atoms with Crippen molar-refractivity contribution in [1.82, 2.24) is 9.80 Å². The minimum absolute atomic E-state index is 0.397. The Balaban J connectivity index is 1.92. The lowest BCUT2D eigenvalue weighted by Gasteiger charge is -2.38. The van der Waals surface area contributed by atoms with Crippen LogP contribution in [0.2, 0.25) is 0 Å². The Morgan fingerprint density at radius 2 is 1.71 bits per heavy atom. The number of allylic oxidation sites excluding steroid dienone is 1. The summed E-state index contributed by atoms with van der Waals surface area (Å²) < 4.78 is 0. The fraction of sp³-hybridized carbons (Fsp3) is 0.412. The number of fused-ring (bicyclic) bond motifs is 1. The molecular formula is C17H20N2O2. The van der Waals surface area contributed by atoms with Gasteiger partial charge in [0, 0.05) is 36.0 Å². The van der Waals surface area contributed by atoms with E-state index in [2.05, 4.69) is 16.8 Å². The molecule has 2 aliphatic rings. The topological polar surface area (TPSA) is 40.6 Å². The molecule has 0 N–H and O–H groups in total. The molecule has 0 amide bonds. The molecule has 4 heteroatoms. The van der Waals surface area contributed by atoms with Crippen molar-refractivity contribution in [2.45, 2.75) is 18.9 Å². The van der Waals surface area contributed by atoms with Crippen molar-refractivity contribution >= 4 is 17.3 Å². The van der Waals surface area contributed by atoms with Gasteiger partial charge in [-0.2, -0.15) is 0 Å². The van der Waals surface area contributed by atoms with Crippen molar-refractivity contribution in [2.75, 3.05) is 27.2 Å². The average Bonchev–Trinajstić information content (AvgIpc) is 2.51. The Morgan fingerprint density at radius 3 is 2.38 bits per heavy atom. The third-order valence-corrected chi connectivity index (χ3v) is 4.56. The lowest BCUT2D eigenvalue weighted by atomic mass is 9.91. The Labute approximate surface area is 125 Å². The molecule has 0 unspecified atom stereocenters. The third-order valence-electron chi connectivity index (χ3n) is 4.56. The van der Waals surface area contributed by atoms with Gasteiger partial charge >= 0.3 is 0 Å². The van der Waals surface area contributed by atoms with E-state index in [4.69, 9.17) is 0 Å². The van der Waals surface area contributed by atoms with Gasteiger partial charge in [-0.3, -0.25) is 9.59 Å². The molecule has 1 aromatic rings. The van der Waals surface area contributed by atoms with Crippen LogP contribution in [0.5, 0.6) is 0 Å². The van der Waals surface area contributed by atoms with E-state index in [0.29, 0.717) is 11.6 Å². The monoisotopic (exact) mass is 284 g/mol. The van der Waals surface area contributed by atoms with Crippen molar-refractivity contribution in [3.63, 3.8) is 0 Å². The molecule has 0 aromatic heterocycles. The highest BCUT2D eigenvalue weighted by molar-refractivity contribution is 6.50. The minimum atomic E-state index is -0.413. The van der Waals surface area contributed by atoms with Crippen LogP contribution in [0.3, 0.4) is 0 Å². The number of carbonyl (C=O) groups is 2. The summed E-state index contributed by atoms with van der Waals surface area (Å²) in [5, 5.41) is 0. The second kappa shape index (κ2) is 5.45. The van der Waals surface area contributed by atoms with Crippen molar-refractivity contribution in [2.24, 2.45) is 0 Å². The molecule has 1 heterocycles. The molecule has 110 valence electrons. The molecule has 0 atom stereocenters. The molecule has 0 bridgehead atoms. The smallest absolute Gasteiger partial charge is 0.233 e. The second-order valence-electron chi connectivity index (χ2n) is 5.91. The van der Waals surface area contributed by atoms with Crippen LogP contribution in [0.4, 0.5) is 0 Å². The molecule has 3 rings (SSSR count). The number of ketones is 2. The van der Waals surface area contributed by atoms with Gasteiger partial charge in [0.2, 0.25) is 11.6 Å². The molecule has 0 spiro atoms. The van der Waals surface area contributed by atoms with Gasteiger partial charge in [0.25, 0.3) is 0 Å². The fourth-order valence-corrected chi connectivity index (χ4v) is 3.18. The molecule has 0 radical (unpaired) electrons. The minimum Gasteiger partial charge on any atom is -0.371 e. The Bertz CT molecular complexity index is 613. The zero-order chi connectivity index (χ0) is 15.0. The van der Waals surface area contributed by atoms with E-state index in [-0.39, 0.29) is 0 Å². The first kappa shape index (κ1) is 14.0. The molecule has 1 aliphatic carbocycles. The molecule has 4 nitrogen and oxygen atoms in total. The van der Waals surface area contributed by atoms with Crippen LogP contribution in [0, 0.1) is 0 Å². The van der Waals surface area contributed by atoms with E-state index in [1.54, 1.807) is 6.07 Å². The number of piperidine rings is 1. The fourth-order valence-electron chi connectivity index (χ4n) is 3.18. The number of carbonyl (C=O) groups excluding carboxylic acids is 2. The SMILES string of the molecule is CN1CCC(N(C)C2=CC(=O)C(=O)c3ccccc32)CC1. The largest absolute Gasteiger partial charge is 0.371 e. The number of rotatable bonds is 2. The first-order valence-corrected chi connectivity index (χ1v) is 7.39. The Hall–Kier alpha value is -1.94. The molecule has 21 heavy (non-hydrogen) atoms. The van der Waals surface area contributed by atoms with Crippen LogP contribution in [0.25, 0.3) is 5.70 Å². The molecule has 1 aromatic carbocycles. The van der Waals surface area contributed by atoms with Crippen LogP contribution in [0.1, 0.15) is 28.8 Å². The summed E-state index contributed by atoms with van der Waals surface area (Å²) >= 11 is 0. The van der Waals surface area contributed by atoms with Crippen LogP contribution < -0.4 is 0 Å². The van der Waals surface area contributed by atoms with Gasteiger partial charge < -0.3 is 9.80 Å². The van der Waals surface area contributed by atoms with Crippen LogP contribution >= 0.6 is 0 Å². The average molecular weight is 284 g/mol. The maximum absolute atomic E-state index is 12.0.